The molecule has 3 aromatic rings. The first-order valence-corrected chi connectivity index (χ1v) is 13.5. The minimum atomic E-state index is 0.894. The molecule has 0 bridgehead atoms. The number of anilines is 2. The molecule has 0 fully saturated rings. The minimum Gasteiger partial charge on any atom is -0.311 e. The fourth-order valence-electron chi connectivity index (χ4n) is 4.63. The standard InChI is InChI=1S/C38H37N/c1-6-9-11-12-30(5)39(37-24-20-32(21-25-37)31(8-3)13-10-7-2)38-26-22-34(23-27-38)36-19-18-35(28-36)33-16-14-29(4)15-17-33/h6-27H,3,5,28H2,1-2,4H3/b9-6-,10-7-,12-11-,31-13+. The Labute approximate surface area is 234 Å². The van der Waals surface area contributed by atoms with E-state index in [-0.39, 0.29) is 0 Å². The molecule has 0 heterocycles. The molecule has 0 saturated carbocycles. The van der Waals surface area contributed by atoms with Gasteiger partial charge < -0.3 is 4.90 Å². The van der Waals surface area contributed by atoms with Gasteiger partial charge in [0.05, 0.1) is 0 Å². The maximum atomic E-state index is 4.39. The van der Waals surface area contributed by atoms with E-state index < -0.39 is 0 Å². The molecule has 1 aliphatic carbocycles. The smallest absolute Gasteiger partial charge is 0.0461 e. The summed E-state index contributed by atoms with van der Waals surface area (Å²) in [7, 11) is 0. The average molecular weight is 508 g/mol. The molecular formula is C38H37N. The molecule has 1 heteroatoms. The summed E-state index contributed by atoms with van der Waals surface area (Å²) in [6.45, 7) is 14.5. The lowest BCUT2D eigenvalue weighted by Gasteiger charge is -2.26. The molecule has 0 amide bonds. The third-order valence-electron chi connectivity index (χ3n) is 6.81. The summed E-state index contributed by atoms with van der Waals surface area (Å²) in [4.78, 5) is 2.19. The first-order chi connectivity index (χ1) is 19.0. The van der Waals surface area contributed by atoms with E-state index in [9.17, 15) is 0 Å². The number of nitrogens with zero attached hydrogens (tertiary/aromatic N) is 1. The van der Waals surface area contributed by atoms with E-state index in [4.69, 9.17) is 0 Å². The normalized spacial score (nSPS) is 13.8. The van der Waals surface area contributed by atoms with Crippen LogP contribution in [0.25, 0.3) is 16.7 Å². The molecule has 0 spiro atoms. The van der Waals surface area contributed by atoms with Crippen molar-refractivity contribution in [2.24, 2.45) is 0 Å². The number of hydrogen-bond acceptors (Lipinski definition) is 1. The monoisotopic (exact) mass is 507 g/mol. The zero-order valence-electron chi connectivity index (χ0n) is 23.3. The van der Waals surface area contributed by atoms with Crippen LogP contribution in [0.15, 0.2) is 152 Å². The van der Waals surface area contributed by atoms with E-state index in [0.717, 1.165) is 34.6 Å². The van der Waals surface area contributed by atoms with Crippen molar-refractivity contribution in [1.82, 2.24) is 0 Å². The van der Waals surface area contributed by atoms with Crippen LogP contribution < -0.4 is 4.90 Å². The summed E-state index contributed by atoms with van der Waals surface area (Å²) >= 11 is 0. The van der Waals surface area contributed by atoms with Gasteiger partial charge in [-0.3, -0.25) is 0 Å². The number of benzene rings is 3. The van der Waals surface area contributed by atoms with Crippen LogP contribution in [0.1, 0.15) is 42.5 Å². The SMILES string of the molecule is C=C/C(=C\C=C/C)c1ccc(N(C(=C)/C=C\C=C/C)c2ccc(C3=CC=C(c4ccc(C)cc4)C3)cc2)cc1. The van der Waals surface area contributed by atoms with Crippen LogP contribution in [0, 0.1) is 6.92 Å². The van der Waals surface area contributed by atoms with E-state index >= 15 is 0 Å². The second-order valence-corrected chi connectivity index (χ2v) is 9.58. The molecule has 0 aromatic heterocycles. The van der Waals surface area contributed by atoms with Crippen LogP contribution in [0.3, 0.4) is 0 Å². The fourth-order valence-corrected chi connectivity index (χ4v) is 4.63. The van der Waals surface area contributed by atoms with Crippen molar-refractivity contribution < 1.29 is 0 Å². The minimum absolute atomic E-state index is 0.894. The number of rotatable bonds is 10. The molecule has 1 nitrogen and oxygen atoms in total. The molecule has 0 radical (unpaired) electrons. The van der Waals surface area contributed by atoms with Gasteiger partial charge in [-0.25, -0.2) is 0 Å². The van der Waals surface area contributed by atoms with Crippen LogP contribution in [-0.4, -0.2) is 0 Å². The van der Waals surface area contributed by atoms with Gasteiger partial charge in [0, 0.05) is 17.1 Å². The Morgan fingerprint density at radius 2 is 1.26 bits per heavy atom. The van der Waals surface area contributed by atoms with Gasteiger partial charge in [0.1, 0.15) is 0 Å². The van der Waals surface area contributed by atoms with Gasteiger partial charge in [-0.15, -0.1) is 0 Å². The zero-order valence-corrected chi connectivity index (χ0v) is 23.3. The van der Waals surface area contributed by atoms with Crippen molar-refractivity contribution >= 4 is 28.1 Å². The first-order valence-electron chi connectivity index (χ1n) is 13.5. The average Bonchev–Trinajstić information content (AvgIpc) is 3.46. The summed E-state index contributed by atoms with van der Waals surface area (Å²) in [6.07, 6.45) is 21.6. The lowest BCUT2D eigenvalue weighted by molar-refractivity contribution is 1.21. The van der Waals surface area contributed by atoms with Crippen molar-refractivity contribution in [3.05, 3.63) is 175 Å². The van der Waals surface area contributed by atoms with Gasteiger partial charge in [-0.1, -0.05) is 122 Å². The molecule has 1 aliphatic rings. The van der Waals surface area contributed by atoms with Gasteiger partial charge in [0.2, 0.25) is 0 Å². The third-order valence-corrected chi connectivity index (χ3v) is 6.81. The maximum Gasteiger partial charge on any atom is 0.0461 e. The van der Waals surface area contributed by atoms with Crippen LogP contribution in [0.4, 0.5) is 11.4 Å². The molecule has 0 saturated heterocycles. The third kappa shape index (κ3) is 6.83. The topological polar surface area (TPSA) is 3.24 Å². The van der Waals surface area contributed by atoms with E-state index in [2.05, 4.69) is 116 Å². The van der Waals surface area contributed by atoms with Gasteiger partial charge in [0.25, 0.3) is 0 Å². The molecule has 4 rings (SSSR count). The summed E-state index contributed by atoms with van der Waals surface area (Å²) in [5.41, 5.74) is 11.8. The Morgan fingerprint density at radius 1 is 0.718 bits per heavy atom. The largest absolute Gasteiger partial charge is 0.311 e. The van der Waals surface area contributed by atoms with Crippen LogP contribution in [0.5, 0.6) is 0 Å². The summed E-state index contributed by atoms with van der Waals surface area (Å²) in [6, 6.07) is 26.1. The second-order valence-electron chi connectivity index (χ2n) is 9.58. The molecule has 0 N–H and O–H groups in total. The van der Waals surface area contributed by atoms with Crippen molar-refractivity contribution in [2.75, 3.05) is 4.90 Å². The molecule has 0 unspecified atom stereocenters. The van der Waals surface area contributed by atoms with Crippen molar-refractivity contribution in [3.63, 3.8) is 0 Å². The highest BCUT2D eigenvalue weighted by Crippen LogP contribution is 2.36. The van der Waals surface area contributed by atoms with Gasteiger partial charge >= 0.3 is 0 Å². The molecule has 0 aliphatic heterocycles. The van der Waals surface area contributed by atoms with E-state index in [1.165, 1.54) is 27.8 Å². The fraction of sp³-hybridized carbons (Fsp3) is 0.105. The van der Waals surface area contributed by atoms with Gasteiger partial charge in [-0.2, -0.15) is 0 Å². The summed E-state index contributed by atoms with van der Waals surface area (Å²) in [5.74, 6) is 0. The Hall–Kier alpha value is -4.62. The molecule has 194 valence electrons. The van der Waals surface area contributed by atoms with Crippen LogP contribution >= 0.6 is 0 Å². The van der Waals surface area contributed by atoms with Crippen LogP contribution in [-0.2, 0) is 0 Å². The molecule has 3 aromatic carbocycles. The number of hydrogen-bond donors (Lipinski definition) is 0. The maximum absolute atomic E-state index is 4.39. The summed E-state index contributed by atoms with van der Waals surface area (Å²) < 4.78 is 0. The Morgan fingerprint density at radius 3 is 1.79 bits per heavy atom. The van der Waals surface area contributed by atoms with E-state index in [1.807, 2.05) is 56.4 Å². The quantitative estimate of drug-likeness (QED) is 0.247. The van der Waals surface area contributed by atoms with Crippen LogP contribution in [0.2, 0.25) is 0 Å². The number of allylic oxidation sites excluding steroid dienone is 13. The van der Waals surface area contributed by atoms with E-state index in [0.29, 0.717) is 0 Å². The lowest BCUT2D eigenvalue weighted by atomic mass is 9.98. The van der Waals surface area contributed by atoms with E-state index in [1.54, 1.807) is 0 Å². The van der Waals surface area contributed by atoms with Gasteiger partial charge in [-0.05, 0) is 90.9 Å². The summed E-state index contributed by atoms with van der Waals surface area (Å²) in [5, 5.41) is 0. The highest BCUT2D eigenvalue weighted by atomic mass is 15.1. The predicted molar refractivity (Wildman–Crippen MR) is 173 cm³/mol. The first kappa shape index (κ1) is 27.4. The van der Waals surface area contributed by atoms with Crippen molar-refractivity contribution in [2.45, 2.75) is 27.2 Å². The molecule has 39 heavy (non-hydrogen) atoms. The predicted octanol–water partition coefficient (Wildman–Crippen LogP) is 10.8. The van der Waals surface area contributed by atoms with Crippen molar-refractivity contribution in [3.8, 4) is 0 Å². The zero-order chi connectivity index (χ0) is 27.6. The Bertz CT molecular complexity index is 1480. The Kier molecular flexibility index (Phi) is 9.32. The van der Waals surface area contributed by atoms with Crippen molar-refractivity contribution in [1.29, 1.82) is 0 Å². The highest BCUT2D eigenvalue weighted by Gasteiger charge is 2.15. The Balaban J connectivity index is 1.59. The second kappa shape index (κ2) is 13.3. The van der Waals surface area contributed by atoms with Gasteiger partial charge in [0.15, 0.2) is 0 Å². The lowest BCUT2D eigenvalue weighted by Crippen LogP contribution is -2.14. The highest BCUT2D eigenvalue weighted by molar-refractivity contribution is 5.87. The molecular weight excluding hydrogens is 470 g/mol. The molecule has 0 atom stereocenters. The number of aryl methyl sites for hydroxylation is 1.